The van der Waals surface area contributed by atoms with E-state index < -0.39 is 0 Å². The fraction of sp³-hybridized carbons (Fsp3) is 0.538. The standard InChI is InChI=1S/C13H19N3O2/c1-10-4-5-12(13(9-10)16(17)18)15-8-6-11-3-2-7-14-11/h4-5,9,11,14-15H,2-3,6-8H2,1H3/t11-/m1/s1. The van der Waals surface area contributed by atoms with Crippen LogP contribution in [0.4, 0.5) is 11.4 Å². The molecule has 5 heteroatoms. The van der Waals surface area contributed by atoms with Gasteiger partial charge in [0, 0.05) is 18.7 Å². The highest BCUT2D eigenvalue weighted by Crippen LogP contribution is 2.25. The third-order valence-corrected chi connectivity index (χ3v) is 3.32. The quantitative estimate of drug-likeness (QED) is 0.621. The van der Waals surface area contributed by atoms with Crippen molar-refractivity contribution in [3.8, 4) is 0 Å². The van der Waals surface area contributed by atoms with E-state index in [4.69, 9.17) is 0 Å². The highest BCUT2D eigenvalue weighted by atomic mass is 16.6. The molecule has 0 radical (unpaired) electrons. The van der Waals surface area contributed by atoms with Gasteiger partial charge in [0.1, 0.15) is 5.69 Å². The Morgan fingerprint density at radius 2 is 2.39 bits per heavy atom. The minimum atomic E-state index is -0.330. The number of nitro benzene ring substituents is 1. The molecule has 1 aliphatic rings. The van der Waals surface area contributed by atoms with Gasteiger partial charge in [-0.05, 0) is 44.4 Å². The largest absolute Gasteiger partial charge is 0.379 e. The smallest absolute Gasteiger partial charge is 0.292 e. The first-order valence-corrected chi connectivity index (χ1v) is 6.39. The number of hydrogen-bond acceptors (Lipinski definition) is 4. The lowest BCUT2D eigenvalue weighted by molar-refractivity contribution is -0.384. The van der Waals surface area contributed by atoms with Crippen LogP contribution in [0.2, 0.25) is 0 Å². The van der Waals surface area contributed by atoms with Crippen molar-refractivity contribution in [3.63, 3.8) is 0 Å². The highest BCUT2D eigenvalue weighted by Gasteiger charge is 2.16. The Morgan fingerprint density at radius 1 is 1.56 bits per heavy atom. The van der Waals surface area contributed by atoms with Crippen molar-refractivity contribution in [1.29, 1.82) is 0 Å². The molecule has 0 amide bonds. The molecule has 18 heavy (non-hydrogen) atoms. The Kier molecular flexibility index (Phi) is 4.15. The van der Waals surface area contributed by atoms with E-state index in [0.29, 0.717) is 11.7 Å². The van der Waals surface area contributed by atoms with Gasteiger partial charge in [0.15, 0.2) is 0 Å². The summed E-state index contributed by atoms with van der Waals surface area (Å²) in [7, 11) is 0. The average molecular weight is 249 g/mol. The van der Waals surface area contributed by atoms with Gasteiger partial charge in [-0.3, -0.25) is 10.1 Å². The Morgan fingerprint density at radius 3 is 3.06 bits per heavy atom. The molecule has 1 heterocycles. The topological polar surface area (TPSA) is 67.2 Å². The van der Waals surface area contributed by atoms with Crippen molar-refractivity contribution in [1.82, 2.24) is 5.32 Å². The molecule has 1 aromatic carbocycles. The second kappa shape index (κ2) is 5.82. The number of hydrogen-bond donors (Lipinski definition) is 2. The first-order chi connectivity index (χ1) is 8.66. The van der Waals surface area contributed by atoms with Gasteiger partial charge >= 0.3 is 0 Å². The maximum Gasteiger partial charge on any atom is 0.292 e. The van der Waals surface area contributed by atoms with Crippen molar-refractivity contribution in [2.24, 2.45) is 0 Å². The van der Waals surface area contributed by atoms with Crippen LogP contribution in [-0.4, -0.2) is 24.1 Å². The van der Waals surface area contributed by atoms with Crippen molar-refractivity contribution in [3.05, 3.63) is 33.9 Å². The molecule has 1 aliphatic heterocycles. The lowest BCUT2D eigenvalue weighted by Crippen LogP contribution is -2.24. The van der Waals surface area contributed by atoms with Crippen LogP contribution in [-0.2, 0) is 0 Å². The van der Waals surface area contributed by atoms with Crippen molar-refractivity contribution in [2.45, 2.75) is 32.2 Å². The number of aryl methyl sites for hydroxylation is 1. The van der Waals surface area contributed by atoms with Gasteiger partial charge in [-0.2, -0.15) is 0 Å². The molecule has 1 aromatic rings. The number of benzene rings is 1. The molecule has 1 fully saturated rings. The molecule has 0 saturated carbocycles. The Hall–Kier alpha value is -1.62. The van der Waals surface area contributed by atoms with Crippen LogP contribution >= 0.6 is 0 Å². The van der Waals surface area contributed by atoms with E-state index in [1.807, 2.05) is 13.0 Å². The summed E-state index contributed by atoms with van der Waals surface area (Å²) in [5.74, 6) is 0. The fourth-order valence-electron chi connectivity index (χ4n) is 2.33. The molecule has 5 nitrogen and oxygen atoms in total. The lowest BCUT2D eigenvalue weighted by atomic mass is 10.1. The Bertz CT molecular complexity index is 428. The molecular weight excluding hydrogens is 230 g/mol. The SMILES string of the molecule is Cc1ccc(NCC[C@H]2CCCN2)c([N+](=O)[O-])c1. The summed E-state index contributed by atoms with van der Waals surface area (Å²) in [5, 5.41) is 17.5. The minimum Gasteiger partial charge on any atom is -0.379 e. The molecule has 1 atom stereocenters. The van der Waals surface area contributed by atoms with Crippen LogP contribution in [0, 0.1) is 17.0 Å². The number of nitrogens with one attached hydrogen (secondary N) is 2. The van der Waals surface area contributed by atoms with Gasteiger partial charge in [0.05, 0.1) is 4.92 Å². The van der Waals surface area contributed by atoms with E-state index in [0.717, 1.165) is 25.1 Å². The van der Waals surface area contributed by atoms with Crippen molar-refractivity contribution >= 4 is 11.4 Å². The third kappa shape index (κ3) is 3.20. The van der Waals surface area contributed by atoms with Gasteiger partial charge in [0.25, 0.3) is 5.69 Å². The van der Waals surface area contributed by atoms with Crippen molar-refractivity contribution < 1.29 is 4.92 Å². The molecule has 0 spiro atoms. The molecule has 98 valence electrons. The van der Waals surface area contributed by atoms with Crippen LogP contribution in [0.3, 0.4) is 0 Å². The zero-order valence-electron chi connectivity index (χ0n) is 10.6. The summed E-state index contributed by atoms with van der Waals surface area (Å²) >= 11 is 0. The second-order valence-electron chi connectivity index (χ2n) is 4.79. The summed E-state index contributed by atoms with van der Waals surface area (Å²) in [6.07, 6.45) is 3.44. The first kappa shape index (κ1) is 12.8. The monoisotopic (exact) mass is 249 g/mol. The third-order valence-electron chi connectivity index (χ3n) is 3.32. The van der Waals surface area contributed by atoms with E-state index in [9.17, 15) is 10.1 Å². The van der Waals surface area contributed by atoms with Gasteiger partial charge in [-0.15, -0.1) is 0 Å². The van der Waals surface area contributed by atoms with Crippen LogP contribution < -0.4 is 10.6 Å². The van der Waals surface area contributed by atoms with Gasteiger partial charge in [-0.1, -0.05) is 6.07 Å². The normalized spacial score (nSPS) is 18.8. The number of nitro groups is 1. The number of anilines is 1. The molecule has 0 bridgehead atoms. The lowest BCUT2D eigenvalue weighted by Gasteiger charge is -2.12. The maximum atomic E-state index is 10.9. The Balaban J connectivity index is 1.93. The highest BCUT2D eigenvalue weighted by molar-refractivity contribution is 5.62. The molecule has 0 aliphatic carbocycles. The summed E-state index contributed by atoms with van der Waals surface area (Å²) < 4.78 is 0. The summed E-state index contributed by atoms with van der Waals surface area (Å²) in [6, 6.07) is 5.84. The van der Waals surface area contributed by atoms with Crippen LogP contribution in [0.15, 0.2) is 18.2 Å². The van der Waals surface area contributed by atoms with E-state index in [1.54, 1.807) is 12.1 Å². The minimum absolute atomic E-state index is 0.161. The number of rotatable bonds is 5. The zero-order valence-corrected chi connectivity index (χ0v) is 10.6. The maximum absolute atomic E-state index is 10.9. The molecule has 0 aromatic heterocycles. The predicted molar refractivity (Wildman–Crippen MR) is 72.0 cm³/mol. The second-order valence-corrected chi connectivity index (χ2v) is 4.79. The number of nitrogens with zero attached hydrogens (tertiary/aromatic N) is 1. The summed E-state index contributed by atoms with van der Waals surface area (Å²) in [5.41, 5.74) is 1.68. The molecule has 0 unspecified atom stereocenters. The van der Waals surface area contributed by atoms with Crippen LogP contribution in [0.5, 0.6) is 0 Å². The van der Waals surface area contributed by atoms with E-state index >= 15 is 0 Å². The summed E-state index contributed by atoms with van der Waals surface area (Å²) in [6.45, 7) is 3.72. The van der Waals surface area contributed by atoms with E-state index in [1.165, 1.54) is 12.8 Å². The fourth-order valence-corrected chi connectivity index (χ4v) is 2.33. The molecular formula is C13H19N3O2. The van der Waals surface area contributed by atoms with Gasteiger partial charge < -0.3 is 10.6 Å². The average Bonchev–Trinajstić information content (AvgIpc) is 2.84. The van der Waals surface area contributed by atoms with Gasteiger partial charge in [0.2, 0.25) is 0 Å². The zero-order chi connectivity index (χ0) is 13.0. The van der Waals surface area contributed by atoms with Crippen LogP contribution in [0.1, 0.15) is 24.8 Å². The Labute approximate surface area is 107 Å². The molecule has 2 N–H and O–H groups in total. The van der Waals surface area contributed by atoms with Gasteiger partial charge in [-0.25, -0.2) is 0 Å². The predicted octanol–water partition coefficient (Wildman–Crippen LogP) is 2.46. The van der Waals surface area contributed by atoms with E-state index in [-0.39, 0.29) is 10.6 Å². The van der Waals surface area contributed by atoms with E-state index in [2.05, 4.69) is 10.6 Å². The van der Waals surface area contributed by atoms with Crippen LogP contribution in [0.25, 0.3) is 0 Å². The molecule has 2 rings (SSSR count). The summed E-state index contributed by atoms with van der Waals surface area (Å²) in [4.78, 5) is 10.6. The van der Waals surface area contributed by atoms with Crippen molar-refractivity contribution in [2.75, 3.05) is 18.4 Å². The molecule has 1 saturated heterocycles. The first-order valence-electron chi connectivity index (χ1n) is 6.39.